The molecule has 0 saturated carbocycles. The third-order valence-corrected chi connectivity index (χ3v) is 3.66. The van der Waals surface area contributed by atoms with Gasteiger partial charge in [-0.2, -0.15) is 0 Å². The summed E-state index contributed by atoms with van der Waals surface area (Å²) in [6, 6.07) is 15.0. The molecule has 0 aromatic heterocycles. The minimum atomic E-state index is -0.241. The van der Waals surface area contributed by atoms with Gasteiger partial charge in [0.25, 0.3) is 0 Å². The second kappa shape index (κ2) is 8.32. The van der Waals surface area contributed by atoms with Crippen LogP contribution in [0.3, 0.4) is 0 Å². The molecule has 2 aromatic rings. The maximum atomic E-state index is 13.4. The summed E-state index contributed by atoms with van der Waals surface area (Å²) in [6.07, 6.45) is 2.63. The van der Waals surface area contributed by atoms with Crippen LogP contribution in [0.5, 0.6) is 0 Å². The maximum absolute atomic E-state index is 13.4. The van der Waals surface area contributed by atoms with Crippen LogP contribution in [0, 0.1) is 12.7 Å². The molecule has 2 aromatic carbocycles. The minimum absolute atomic E-state index is 0.0211. The Morgan fingerprint density at radius 3 is 2.50 bits per heavy atom. The van der Waals surface area contributed by atoms with Crippen molar-refractivity contribution in [1.82, 2.24) is 5.32 Å². The largest absolute Gasteiger partial charge is 0.356 e. The second-order valence-electron chi connectivity index (χ2n) is 5.53. The highest BCUT2D eigenvalue weighted by molar-refractivity contribution is 5.76. The van der Waals surface area contributed by atoms with Crippen molar-refractivity contribution in [2.24, 2.45) is 0 Å². The highest BCUT2D eigenvalue weighted by Crippen LogP contribution is 2.09. The third-order valence-electron chi connectivity index (χ3n) is 3.66. The zero-order chi connectivity index (χ0) is 15.8. The zero-order valence-electron chi connectivity index (χ0n) is 12.9. The molecule has 1 amide bonds. The first-order valence-electron chi connectivity index (χ1n) is 7.71. The molecule has 0 atom stereocenters. The summed E-state index contributed by atoms with van der Waals surface area (Å²) in [4.78, 5) is 11.8. The van der Waals surface area contributed by atoms with Crippen molar-refractivity contribution in [3.05, 3.63) is 71.0 Å². The van der Waals surface area contributed by atoms with Crippen molar-refractivity contribution in [1.29, 1.82) is 0 Å². The molecule has 0 aliphatic heterocycles. The number of carbonyl (C=O) groups is 1. The Bertz CT molecular complexity index is 607. The van der Waals surface area contributed by atoms with Crippen LogP contribution in [0.1, 0.15) is 29.5 Å². The molecule has 1 N–H and O–H groups in total. The lowest BCUT2D eigenvalue weighted by Crippen LogP contribution is -2.25. The van der Waals surface area contributed by atoms with Crippen LogP contribution < -0.4 is 5.32 Å². The Morgan fingerprint density at radius 2 is 1.77 bits per heavy atom. The van der Waals surface area contributed by atoms with Crippen molar-refractivity contribution in [2.45, 2.75) is 32.6 Å². The average molecular weight is 299 g/mol. The van der Waals surface area contributed by atoms with Crippen LogP contribution >= 0.6 is 0 Å². The van der Waals surface area contributed by atoms with Crippen LogP contribution in [-0.4, -0.2) is 12.5 Å². The summed E-state index contributed by atoms with van der Waals surface area (Å²) in [7, 11) is 0. The highest BCUT2D eigenvalue weighted by atomic mass is 19.1. The second-order valence-corrected chi connectivity index (χ2v) is 5.53. The molecular weight excluding hydrogens is 277 g/mol. The molecule has 0 spiro atoms. The Kier molecular flexibility index (Phi) is 6.13. The molecule has 22 heavy (non-hydrogen) atoms. The van der Waals surface area contributed by atoms with E-state index in [0.29, 0.717) is 24.9 Å². The topological polar surface area (TPSA) is 29.1 Å². The van der Waals surface area contributed by atoms with Crippen LogP contribution in [0.25, 0.3) is 0 Å². The van der Waals surface area contributed by atoms with Gasteiger partial charge >= 0.3 is 0 Å². The lowest BCUT2D eigenvalue weighted by molar-refractivity contribution is -0.121. The molecular formula is C19H22FNO. The summed E-state index contributed by atoms with van der Waals surface area (Å²) in [6.45, 7) is 2.73. The summed E-state index contributed by atoms with van der Waals surface area (Å²) < 4.78 is 13.4. The Hall–Kier alpha value is -2.16. The standard InChI is InChI=1S/C19H22FNO/c1-15-8-10-16(11-9-15)5-4-14-21-19(22)13-12-17-6-2-3-7-18(17)20/h2-3,6-11H,4-5,12-14H2,1H3,(H,21,22). The molecule has 2 rings (SSSR count). The molecule has 0 unspecified atom stereocenters. The minimum Gasteiger partial charge on any atom is -0.356 e. The van der Waals surface area contributed by atoms with Crippen molar-refractivity contribution in [3.63, 3.8) is 0 Å². The smallest absolute Gasteiger partial charge is 0.220 e. The fourth-order valence-electron chi connectivity index (χ4n) is 2.31. The monoisotopic (exact) mass is 299 g/mol. The van der Waals surface area contributed by atoms with Gasteiger partial charge in [-0.05, 0) is 43.4 Å². The van der Waals surface area contributed by atoms with Gasteiger partial charge in [0.2, 0.25) is 5.91 Å². The SMILES string of the molecule is Cc1ccc(CCCNC(=O)CCc2ccccc2F)cc1. The van der Waals surface area contributed by atoms with Gasteiger partial charge in [-0.15, -0.1) is 0 Å². The van der Waals surface area contributed by atoms with Gasteiger partial charge in [0, 0.05) is 13.0 Å². The van der Waals surface area contributed by atoms with E-state index in [1.165, 1.54) is 17.2 Å². The molecule has 0 radical (unpaired) electrons. The van der Waals surface area contributed by atoms with Gasteiger partial charge in [0.05, 0.1) is 0 Å². The van der Waals surface area contributed by atoms with E-state index in [1.807, 2.05) is 0 Å². The van der Waals surface area contributed by atoms with E-state index >= 15 is 0 Å². The predicted octanol–water partition coefficient (Wildman–Crippen LogP) is 3.82. The van der Waals surface area contributed by atoms with E-state index in [2.05, 4.69) is 36.5 Å². The van der Waals surface area contributed by atoms with Crippen molar-refractivity contribution >= 4 is 5.91 Å². The van der Waals surface area contributed by atoms with Gasteiger partial charge in [-0.3, -0.25) is 4.79 Å². The highest BCUT2D eigenvalue weighted by Gasteiger charge is 2.05. The first kappa shape index (κ1) is 16.2. The van der Waals surface area contributed by atoms with Crippen molar-refractivity contribution in [3.8, 4) is 0 Å². The quantitative estimate of drug-likeness (QED) is 0.774. The van der Waals surface area contributed by atoms with E-state index < -0.39 is 0 Å². The van der Waals surface area contributed by atoms with Crippen molar-refractivity contribution in [2.75, 3.05) is 6.54 Å². The number of halogens is 1. The first-order valence-corrected chi connectivity index (χ1v) is 7.71. The van der Waals surface area contributed by atoms with Gasteiger partial charge in [-0.1, -0.05) is 48.0 Å². The van der Waals surface area contributed by atoms with Crippen LogP contribution in [0.4, 0.5) is 4.39 Å². The van der Waals surface area contributed by atoms with Gasteiger partial charge < -0.3 is 5.32 Å². The summed E-state index contributed by atoms with van der Waals surface area (Å²) in [5.41, 5.74) is 3.13. The van der Waals surface area contributed by atoms with Crippen LogP contribution in [0.15, 0.2) is 48.5 Å². The maximum Gasteiger partial charge on any atom is 0.220 e. The summed E-state index contributed by atoms with van der Waals surface area (Å²) >= 11 is 0. The summed E-state index contributed by atoms with van der Waals surface area (Å²) in [5.74, 6) is -0.262. The first-order chi connectivity index (χ1) is 10.6. The fourth-order valence-corrected chi connectivity index (χ4v) is 2.31. The third kappa shape index (κ3) is 5.32. The zero-order valence-corrected chi connectivity index (χ0v) is 12.9. The molecule has 3 heteroatoms. The van der Waals surface area contributed by atoms with Crippen LogP contribution in [-0.2, 0) is 17.6 Å². The number of rotatable bonds is 7. The lowest BCUT2D eigenvalue weighted by Gasteiger charge is -2.06. The number of nitrogens with one attached hydrogen (secondary N) is 1. The van der Waals surface area contributed by atoms with E-state index in [9.17, 15) is 9.18 Å². The molecule has 0 aliphatic carbocycles. The number of carbonyl (C=O) groups excluding carboxylic acids is 1. The van der Waals surface area contributed by atoms with E-state index in [-0.39, 0.29) is 11.7 Å². The van der Waals surface area contributed by atoms with Gasteiger partial charge in [-0.25, -0.2) is 4.39 Å². The number of hydrogen-bond acceptors (Lipinski definition) is 1. The molecule has 116 valence electrons. The Labute approximate surface area is 131 Å². The lowest BCUT2D eigenvalue weighted by atomic mass is 10.1. The predicted molar refractivity (Wildman–Crippen MR) is 87.2 cm³/mol. The number of benzene rings is 2. The average Bonchev–Trinajstić information content (AvgIpc) is 2.52. The summed E-state index contributed by atoms with van der Waals surface area (Å²) in [5, 5.41) is 2.89. The number of aryl methyl sites for hydroxylation is 3. The normalized spacial score (nSPS) is 10.5. The van der Waals surface area contributed by atoms with E-state index in [0.717, 1.165) is 12.8 Å². The number of amides is 1. The molecule has 2 nitrogen and oxygen atoms in total. The molecule has 0 heterocycles. The van der Waals surface area contributed by atoms with Crippen molar-refractivity contribution < 1.29 is 9.18 Å². The Balaban J connectivity index is 1.64. The molecule has 0 saturated heterocycles. The molecule has 0 bridgehead atoms. The van der Waals surface area contributed by atoms with Crippen LogP contribution in [0.2, 0.25) is 0 Å². The van der Waals surface area contributed by atoms with E-state index in [1.54, 1.807) is 18.2 Å². The Morgan fingerprint density at radius 1 is 1.05 bits per heavy atom. The number of hydrogen-bond donors (Lipinski definition) is 1. The van der Waals surface area contributed by atoms with Gasteiger partial charge in [0.15, 0.2) is 0 Å². The molecule has 0 fully saturated rings. The van der Waals surface area contributed by atoms with Gasteiger partial charge in [0.1, 0.15) is 5.82 Å². The molecule has 0 aliphatic rings. The fraction of sp³-hybridized carbons (Fsp3) is 0.316. The van der Waals surface area contributed by atoms with E-state index in [4.69, 9.17) is 0 Å².